The highest BCUT2D eigenvalue weighted by Gasteiger charge is 2.41. The average molecular weight is 377 g/mol. The molecule has 138 valence electrons. The number of rotatable bonds is 4. The highest BCUT2D eigenvalue weighted by molar-refractivity contribution is 6.31. The SMILES string of the molecule is Cc1nc(C2(NC(=O)CN3CCOc4ccc(Cl)cc43)CCCC2)no1. The molecule has 2 aliphatic rings. The van der Waals surface area contributed by atoms with Gasteiger partial charge in [0.25, 0.3) is 0 Å². The minimum atomic E-state index is -0.529. The van der Waals surface area contributed by atoms with Crippen molar-refractivity contribution in [2.45, 2.75) is 38.1 Å². The van der Waals surface area contributed by atoms with Gasteiger partial charge in [-0.2, -0.15) is 4.98 Å². The maximum absolute atomic E-state index is 12.8. The summed E-state index contributed by atoms with van der Waals surface area (Å²) in [6.45, 7) is 3.16. The number of amides is 1. The van der Waals surface area contributed by atoms with E-state index in [1.54, 1.807) is 13.0 Å². The van der Waals surface area contributed by atoms with Crippen molar-refractivity contribution in [1.29, 1.82) is 0 Å². The topological polar surface area (TPSA) is 80.5 Å². The molecule has 0 unspecified atom stereocenters. The Morgan fingerprint density at radius 1 is 1.38 bits per heavy atom. The molecule has 7 nitrogen and oxygen atoms in total. The van der Waals surface area contributed by atoms with Crippen LogP contribution in [0.5, 0.6) is 5.75 Å². The van der Waals surface area contributed by atoms with Crippen LogP contribution >= 0.6 is 11.6 Å². The second kappa shape index (κ2) is 6.79. The van der Waals surface area contributed by atoms with Crippen molar-refractivity contribution in [3.63, 3.8) is 0 Å². The van der Waals surface area contributed by atoms with E-state index >= 15 is 0 Å². The number of nitrogens with one attached hydrogen (secondary N) is 1. The quantitative estimate of drug-likeness (QED) is 0.883. The molecule has 2 aromatic rings. The van der Waals surface area contributed by atoms with Gasteiger partial charge in [-0.15, -0.1) is 0 Å². The number of carbonyl (C=O) groups excluding carboxylic acids is 1. The van der Waals surface area contributed by atoms with E-state index in [1.807, 2.05) is 17.0 Å². The van der Waals surface area contributed by atoms with E-state index in [0.29, 0.717) is 29.9 Å². The molecule has 1 saturated carbocycles. The van der Waals surface area contributed by atoms with E-state index in [-0.39, 0.29) is 12.5 Å². The van der Waals surface area contributed by atoms with Gasteiger partial charge < -0.3 is 19.5 Å². The number of halogens is 1. The van der Waals surface area contributed by atoms with E-state index in [0.717, 1.165) is 37.1 Å². The van der Waals surface area contributed by atoms with Gasteiger partial charge in [0.1, 0.15) is 17.9 Å². The Morgan fingerprint density at radius 2 is 2.19 bits per heavy atom. The molecule has 4 rings (SSSR count). The third-order valence-electron chi connectivity index (χ3n) is 5.01. The van der Waals surface area contributed by atoms with Crippen molar-refractivity contribution < 1.29 is 14.1 Å². The third kappa shape index (κ3) is 3.23. The Hall–Kier alpha value is -2.28. The molecule has 2 heterocycles. The highest BCUT2D eigenvalue weighted by Crippen LogP contribution is 2.38. The fraction of sp³-hybridized carbons (Fsp3) is 0.500. The second-order valence-corrected chi connectivity index (χ2v) is 7.29. The first kappa shape index (κ1) is 17.1. The summed E-state index contributed by atoms with van der Waals surface area (Å²) < 4.78 is 10.8. The normalized spacial score (nSPS) is 18.3. The molecule has 1 N–H and O–H groups in total. The fourth-order valence-electron chi connectivity index (χ4n) is 3.77. The van der Waals surface area contributed by atoms with Crippen LogP contribution in [0.25, 0.3) is 0 Å². The number of carbonyl (C=O) groups is 1. The van der Waals surface area contributed by atoms with Gasteiger partial charge in [0.05, 0.1) is 18.8 Å². The lowest BCUT2D eigenvalue weighted by Crippen LogP contribution is -2.49. The largest absolute Gasteiger partial charge is 0.490 e. The van der Waals surface area contributed by atoms with Crippen molar-refractivity contribution in [2.24, 2.45) is 0 Å². The molecular weight excluding hydrogens is 356 g/mol. The molecule has 1 aromatic carbocycles. The number of ether oxygens (including phenoxy) is 1. The van der Waals surface area contributed by atoms with E-state index in [1.165, 1.54) is 0 Å². The first-order valence-corrected chi connectivity index (χ1v) is 9.23. The highest BCUT2D eigenvalue weighted by atomic mass is 35.5. The van der Waals surface area contributed by atoms with Crippen LogP contribution in [0.1, 0.15) is 37.4 Å². The summed E-state index contributed by atoms with van der Waals surface area (Å²) in [5, 5.41) is 7.86. The standard InChI is InChI=1S/C18H21ClN4O3/c1-12-20-17(22-26-12)18(6-2-3-7-18)21-16(24)11-23-8-9-25-15-5-4-13(19)10-14(15)23/h4-5,10H,2-3,6-9,11H2,1H3,(H,21,24). The predicted octanol–water partition coefficient (Wildman–Crippen LogP) is 2.82. The van der Waals surface area contributed by atoms with Crippen LogP contribution in [0.4, 0.5) is 5.69 Å². The number of hydrogen-bond donors (Lipinski definition) is 1. The molecule has 0 radical (unpaired) electrons. The molecule has 1 fully saturated rings. The van der Waals surface area contributed by atoms with Crippen LogP contribution in [0.15, 0.2) is 22.7 Å². The number of benzene rings is 1. The summed E-state index contributed by atoms with van der Waals surface area (Å²) in [7, 11) is 0. The molecule has 1 amide bonds. The minimum absolute atomic E-state index is 0.0674. The molecule has 0 atom stereocenters. The number of aromatic nitrogens is 2. The van der Waals surface area contributed by atoms with Crippen LogP contribution < -0.4 is 15.0 Å². The number of fused-ring (bicyclic) bond motifs is 1. The van der Waals surface area contributed by atoms with Crippen molar-refractivity contribution in [3.8, 4) is 5.75 Å². The molecule has 8 heteroatoms. The number of hydrogen-bond acceptors (Lipinski definition) is 6. The van der Waals surface area contributed by atoms with Crippen molar-refractivity contribution in [1.82, 2.24) is 15.5 Å². The van der Waals surface area contributed by atoms with Gasteiger partial charge in [0.2, 0.25) is 11.8 Å². The zero-order chi connectivity index (χ0) is 18.1. The maximum atomic E-state index is 12.8. The Kier molecular flexibility index (Phi) is 4.48. The molecule has 1 aliphatic heterocycles. The first-order chi connectivity index (χ1) is 12.6. The van der Waals surface area contributed by atoms with Crippen LogP contribution in [-0.2, 0) is 10.3 Å². The molecule has 0 saturated heterocycles. The lowest BCUT2D eigenvalue weighted by molar-refractivity contribution is -0.122. The predicted molar refractivity (Wildman–Crippen MR) is 96.5 cm³/mol. The fourth-order valence-corrected chi connectivity index (χ4v) is 3.93. The lowest BCUT2D eigenvalue weighted by atomic mass is 9.96. The molecule has 1 aromatic heterocycles. The van der Waals surface area contributed by atoms with E-state index < -0.39 is 5.54 Å². The number of anilines is 1. The Balaban J connectivity index is 1.51. The van der Waals surface area contributed by atoms with Gasteiger partial charge in [-0.05, 0) is 31.0 Å². The van der Waals surface area contributed by atoms with Gasteiger partial charge in [-0.1, -0.05) is 29.6 Å². The summed E-state index contributed by atoms with van der Waals surface area (Å²) in [6, 6.07) is 5.45. The third-order valence-corrected chi connectivity index (χ3v) is 5.24. The second-order valence-electron chi connectivity index (χ2n) is 6.86. The molecule has 26 heavy (non-hydrogen) atoms. The summed E-state index contributed by atoms with van der Waals surface area (Å²) in [6.07, 6.45) is 3.71. The van der Waals surface area contributed by atoms with Crippen LogP contribution in [0, 0.1) is 6.92 Å². The van der Waals surface area contributed by atoms with Crippen LogP contribution in [-0.4, -0.2) is 35.7 Å². The number of nitrogens with zero attached hydrogens (tertiary/aromatic N) is 3. The van der Waals surface area contributed by atoms with Gasteiger partial charge in [-0.3, -0.25) is 4.79 Å². The van der Waals surface area contributed by atoms with Crippen molar-refractivity contribution >= 4 is 23.2 Å². The molecule has 0 spiro atoms. The smallest absolute Gasteiger partial charge is 0.240 e. The summed E-state index contributed by atoms with van der Waals surface area (Å²) >= 11 is 6.11. The maximum Gasteiger partial charge on any atom is 0.240 e. The number of aryl methyl sites for hydroxylation is 1. The molecule has 1 aliphatic carbocycles. The van der Waals surface area contributed by atoms with E-state index in [2.05, 4.69) is 15.5 Å². The summed E-state index contributed by atoms with van der Waals surface area (Å²) in [5.41, 5.74) is 0.313. The van der Waals surface area contributed by atoms with Crippen LogP contribution in [0.2, 0.25) is 5.02 Å². The first-order valence-electron chi connectivity index (χ1n) is 8.85. The van der Waals surface area contributed by atoms with Crippen molar-refractivity contribution in [3.05, 3.63) is 34.9 Å². The van der Waals surface area contributed by atoms with E-state index in [9.17, 15) is 4.79 Å². The van der Waals surface area contributed by atoms with Crippen LogP contribution in [0.3, 0.4) is 0 Å². The zero-order valence-electron chi connectivity index (χ0n) is 14.6. The Labute approximate surface area is 156 Å². The Bertz CT molecular complexity index is 817. The monoisotopic (exact) mass is 376 g/mol. The summed E-state index contributed by atoms with van der Waals surface area (Å²) in [5.74, 6) is 1.77. The Morgan fingerprint density at radius 3 is 2.92 bits per heavy atom. The molecular formula is C18H21ClN4O3. The zero-order valence-corrected chi connectivity index (χ0v) is 15.4. The summed E-state index contributed by atoms with van der Waals surface area (Å²) in [4.78, 5) is 19.2. The average Bonchev–Trinajstić information content (AvgIpc) is 3.25. The van der Waals surface area contributed by atoms with E-state index in [4.69, 9.17) is 20.9 Å². The van der Waals surface area contributed by atoms with Gasteiger partial charge >= 0.3 is 0 Å². The molecule has 0 bridgehead atoms. The van der Waals surface area contributed by atoms with Gasteiger partial charge in [0, 0.05) is 11.9 Å². The minimum Gasteiger partial charge on any atom is -0.490 e. The van der Waals surface area contributed by atoms with Gasteiger partial charge in [0.15, 0.2) is 5.82 Å². The van der Waals surface area contributed by atoms with Gasteiger partial charge in [-0.25, -0.2) is 0 Å². The van der Waals surface area contributed by atoms with Crippen molar-refractivity contribution in [2.75, 3.05) is 24.6 Å². The lowest BCUT2D eigenvalue weighted by Gasteiger charge is -2.33.